The fraction of sp³-hybridized carbons (Fsp3) is 0.538. The van der Waals surface area contributed by atoms with Crippen LogP contribution in [0.2, 0.25) is 0 Å². The van der Waals surface area contributed by atoms with E-state index in [0.29, 0.717) is 6.04 Å². The maximum Gasteiger partial charge on any atom is 0.129 e. The average molecular weight is 232 g/mol. The summed E-state index contributed by atoms with van der Waals surface area (Å²) in [6, 6.07) is 4.23. The van der Waals surface area contributed by atoms with E-state index in [1.165, 1.54) is 25.7 Å². The molecule has 1 saturated heterocycles. The van der Waals surface area contributed by atoms with Crippen molar-refractivity contribution in [3.63, 3.8) is 0 Å². The van der Waals surface area contributed by atoms with Gasteiger partial charge in [0.25, 0.3) is 0 Å². The zero-order valence-electron chi connectivity index (χ0n) is 10.3. The number of hydrogen-bond donors (Lipinski definition) is 2. The first-order valence-electron chi connectivity index (χ1n) is 6.25. The van der Waals surface area contributed by atoms with Crippen LogP contribution in [0, 0.1) is 5.41 Å². The van der Waals surface area contributed by atoms with Crippen LogP contribution in [0.1, 0.15) is 38.2 Å². The Morgan fingerprint density at radius 2 is 2.29 bits per heavy atom. The van der Waals surface area contributed by atoms with Crippen LogP contribution in [-0.2, 0) is 0 Å². The molecule has 1 aromatic heterocycles. The Hall–Kier alpha value is -1.58. The molecule has 92 valence electrons. The van der Waals surface area contributed by atoms with Crippen molar-refractivity contribution in [1.29, 1.82) is 5.41 Å². The molecule has 0 aromatic carbocycles. The topological polar surface area (TPSA) is 66.0 Å². The Bertz CT molecular complexity index is 402. The maximum atomic E-state index is 7.47. The lowest BCUT2D eigenvalue weighted by atomic mass is 10.1. The highest BCUT2D eigenvalue weighted by Crippen LogP contribution is 2.22. The minimum atomic E-state index is 0.108. The summed E-state index contributed by atoms with van der Waals surface area (Å²) in [5.41, 5.74) is 6.27. The number of nitrogens with two attached hydrogens (primary N) is 1. The number of nitrogen functional groups attached to an aromatic ring is 1. The van der Waals surface area contributed by atoms with Gasteiger partial charge in [-0.05, 0) is 31.9 Å². The van der Waals surface area contributed by atoms with Gasteiger partial charge in [0.05, 0.1) is 0 Å². The third-order valence-corrected chi connectivity index (χ3v) is 3.40. The van der Waals surface area contributed by atoms with Crippen LogP contribution in [-0.4, -0.2) is 23.4 Å². The fourth-order valence-electron chi connectivity index (χ4n) is 2.36. The Balaban J connectivity index is 2.25. The smallest absolute Gasteiger partial charge is 0.129 e. The molecule has 0 amide bonds. The van der Waals surface area contributed by atoms with Gasteiger partial charge in [-0.1, -0.05) is 12.8 Å². The van der Waals surface area contributed by atoms with Crippen LogP contribution in [0.25, 0.3) is 0 Å². The number of anilines is 1. The standard InChI is InChI=1S/C13H20N4/c1-10-5-3-2-4-8-17(10)12-9-11(13(14)15)6-7-16-12/h6-7,9-10H,2-5,8H2,1H3,(H3,14,15). The summed E-state index contributed by atoms with van der Waals surface area (Å²) in [6.07, 6.45) is 6.77. The van der Waals surface area contributed by atoms with Crippen LogP contribution in [0.4, 0.5) is 5.82 Å². The molecule has 1 aliphatic heterocycles. The molecule has 1 fully saturated rings. The van der Waals surface area contributed by atoms with Crippen LogP contribution in [0.5, 0.6) is 0 Å². The second-order valence-electron chi connectivity index (χ2n) is 4.71. The first kappa shape index (κ1) is 11.9. The van der Waals surface area contributed by atoms with Gasteiger partial charge in [-0.15, -0.1) is 0 Å². The SMILES string of the molecule is CC1CCCCCN1c1cc(C(=N)N)ccn1. The summed E-state index contributed by atoms with van der Waals surface area (Å²) >= 11 is 0. The van der Waals surface area contributed by atoms with E-state index in [-0.39, 0.29) is 5.84 Å². The van der Waals surface area contributed by atoms with Crippen molar-refractivity contribution in [1.82, 2.24) is 4.98 Å². The molecule has 3 N–H and O–H groups in total. The molecule has 0 spiro atoms. The largest absolute Gasteiger partial charge is 0.384 e. The summed E-state index contributed by atoms with van der Waals surface area (Å²) in [7, 11) is 0. The number of pyridine rings is 1. The molecule has 4 heteroatoms. The molecule has 1 atom stereocenters. The molecule has 1 unspecified atom stereocenters. The lowest BCUT2D eigenvalue weighted by Gasteiger charge is -2.28. The molecule has 2 rings (SSSR count). The zero-order chi connectivity index (χ0) is 12.3. The predicted octanol–water partition coefficient (Wildman–Crippen LogP) is 2.13. The molecule has 4 nitrogen and oxygen atoms in total. The highest BCUT2D eigenvalue weighted by atomic mass is 15.2. The summed E-state index contributed by atoms with van der Waals surface area (Å²) in [5, 5.41) is 7.47. The zero-order valence-corrected chi connectivity index (χ0v) is 10.3. The van der Waals surface area contributed by atoms with Gasteiger partial charge in [0.15, 0.2) is 0 Å². The van der Waals surface area contributed by atoms with Crippen LogP contribution in [0.3, 0.4) is 0 Å². The van der Waals surface area contributed by atoms with Crippen LogP contribution in [0.15, 0.2) is 18.3 Å². The van der Waals surface area contributed by atoms with Crippen molar-refractivity contribution in [2.45, 2.75) is 38.6 Å². The Morgan fingerprint density at radius 1 is 1.47 bits per heavy atom. The van der Waals surface area contributed by atoms with Crippen molar-refractivity contribution in [3.05, 3.63) is 23.9 Å². The van der Waals surface area contributed by atoms with E-state index in [4.69, 9.17) is 11.1 Å². The van der Waals surface area contributed by atoms with E-state index < -0.39 is 0 Å². The Kier molecular flexibility index (Phi) is 3.61. The molecule has 0 bridgehead atoms. The summed E-state index contributed by atoms with van der Waals surface area (Å²) in [6.45, 7) is 3.29. The molecule has 1 aromatic rings. The van der Waals surface area contributed by atoms with Gasteiger partial charge in [0.2, 0.25) is 0 Å². The van der Waals surface area contributed by atoms with Gasteiger partial charge in [0, 0.05) is 24.3 Å². The predicted molar refractivity (Wildman–Crippen MR) is 70.5 cm³/mol. The van der Waals surface area contributed by atoms with Crippen molar-refractivity contribution >= 4 is 11.7 Å². The van der Waals surface area contributed by atoms with E-state index in [1.807, 2.05) is 6.07 Å². The highest BCUT2D eigenvalue weighted by Gasteiger charge is 2.18. The second-order valence-corrected chi connectivity index (χ2v) is 4.71. The molecule has 17 heavy (non-hydrogen) atoms. The van der Waals surface area contributed by atoms with Gasteiger partial charge in [-0.25, -0.2) is 4.98 Å². The first-order chi connectivity index (χ1) is 8.18. The summed E-state index contributed by atoms with van der Waals surface area (Å²) in [5.74, 6) is 1.06. The van der Waals surface area contributed by atoms with E-state index in [0.717, 1.165) is 17.9 Å². The number of amidine groups is 1. The number of rotatable bonds is 2. The van der Waals surface area contributed by atoms with Crippen molar-refractivity contribution in [2.75, 3.05) is 11.4 Å². The third-order valence-electron chi connectivity index (χ3n) is 3.40. The van der Waals surface area contributed by atoms with Gasteiger partial charge in [0.1, 0.15) is 11.7 Å². The second kappa shape index (κ2) is 5.17. The van der Waals surface area contributed by atoms with Crippen LogP contribution >= 0.6 is 0 Å². The van der Waals surface area contributed by atoms with Crippen molar-refractivity contribution < 1.29 is 0 Å². The van der Waals surface area contributed by atoms with Gasteiger partial charge in [-0.3, -0.25) is 5.41 Å². The molecular weight excluding hydrogens is 212 g/mol. The highest BCUT2D eigenvalue weighted by molar-refractivity contribution is 5.95. The number of aromatic nitrogens is 1. The number of nitrogens with one attached hydrogen (secondary N) is 1. The van der Waals surface area contributed by atoms with E-state index in [1.54, 1.807) is 12.3 Å². The van der Waals surface area contributed by atoms with E-state index in [9.17, 15) is 0 Å². The van der Waals surface area contributed by atoms with E-state index >= 15 is 0 Å². The van der Waals surface area contributed by atoms with E-state index in [2.05, 4.69) is 16.8 Å². The molecule has 0 aliphatic carbocycles. The Labute approximate surface area is 102 Å². The lowest BCUT2D eigenvalue weighted by Crippen LogP contribution is -2.33. The Morgan fingerprint density at radius 3 is 3.06 bits per heavy atom. The normalized spacial score (nSPS) is 21.0. The quantitative estimate of drug-likeness (QED) is 0.606. The minimum Gasteiger partial charge on any atom is -0.384 e. The first-order valence-corrected chi connectivity index (χ1v) is 6.25. The number of hydrogen-bond acceptors (Lipinski definition) is 3. The van der Waals surface area contributed by atoms with Gasteiger partial charge < -0.3 is 10.6 Å². The van der Waals surface area contributed by atoms with Crippen molar-refractivity contribution in [3.8, 4) is 0 Å². The number of nitrogens with zero attached hydrogens (tertiary/aromatic N) is 2. The van der Waals surface area contributed by atoms with Gasteiger partial charge in [-0.2, -0.15) is 0 Å². The molecular formula is C13H20N4. The monoisotopic (exact) mass is 232 g/mol. The molecule has 2 heterocycles. The van der Waals surface area contributed by atoms with Crippen molar-refractivity contribution in [2.24, 2.45) is 5.73 Å². The minimum absolute atomic E-state index is 0.108. The fourth-order valence-corrected chi connectivity index (χ4v) is 2.36. The molecule has 0 saturated carbocycles. The summed E-state index contributed by atoms with van der Waals surface area (Å²) < 4.78 is 0. The molecule has 1 aliphatic rings. The van der Waals surface area contributed by atoms with Crippen LogP contribution < -0.4 is 10.6 Å². The average Bonchev–Trinajstić information content (AvgIpc) is 2.54. The third kappa shape index (κ3) is 2.75. The lowest BCUT2D eigenvalue weighted by molar-refractivity contribution is 0.611. The van der Waals surface area contributed by atoms with Gasteiger partial charge >= 0.3 is 0 Å². The molecule has 0 radical (unpaired) electrons. The summed E-state index contributed by atoms with van der Waals surface area (Å²) in [4.78, 5) is 6.74. The maximum absolute atomic E-state index is 7.47.